The molecule has 4 nitrogen and oxygen atoms in total. The van der Waals surface area contributed by atoms with Crippen molar-refractivity contribution < 1.29 is 4.42 Å². The van der Waals surface area contributed by atoms with E-state index in [1.165, 1.54) is 0 Å². The minimum atomic E-state index is 0.548. The molecular weight excluding hydrogens is 274 g/mol. The maximum Gasteiger partial charge on any atom is 0.228 e. The lowest BCUT2D eigenvalue weighted by Crippen LogP contribution is -2.01. The first-order valence-electron chi connectivity index (χ1n) is 6.34. The van der Waals surface area contributed by atoms with Crippen molar-refractivity contribution in [3.05, 3.63) is 58.7 Å². The van der Waals surface area contributed by atoms with Gasteiger partial charge in [0.15, 0.2) is 0 Å². The molecule has 2 aromatic heterocycles. The molecule has 0 aliphatic heterocycles. The molecule has 3 aromatic rings. The fraction of sp³-hybridized carbons (Fsp3) is 0.200. The van der Waals surface area contributed by atoms with E-state index >= 15 is 0 Å². The molecule has 5 heteroatoms. The maximum absolute atomic E-state index is 6.17. The number of benzene rings is 1. The van der Waals surface area contributed by atoms with Crippen LogP contribution >= 0.6 is 11.6 Å². The lowest BCUT2D eigenvalue weighted by atomic mass is 10.2. The van der Waals surface area contributed by atoms with E-state index in [0.717, 1.165) is 22.6 Å². The molecule has 3 rings (SSSR count). The van der Waals surface area contributed by atoms with Gasteiger partial charge < -0.3 is 4.42 Å². The van der Waals surface area contributed by atoms with Crippen molar-refractivity contribution in [3.8, 4) is 11.5 Å². The molecule has 102 valence electrons. The first kappa shape index (κ1) is 12.9. The van der Waals surface area contributed by atoms with E-state index in [-0.39, 0.29) is 0 Å². The second-order valence-corrected chi connectivity index (χ2v) is 5.12. The third kappa shape index (κ3) is 2.47. The Labute approximate surface area is 122 Å². The van der Waals surface area contributed by atoms with Gasteiger partial charge in [-0.3, -0.25) is 4.68 Å². The summed E-state index contributed by atoms with van der Waals surface area (Å²) in [5.41, 5.74) is 2.79. The summed E-state index contributed by atoms with van der Waals surface area (Å²) in [4.78, 5) is 4.53. The monoisotopic (exact) mass is 287 g/mol. The largest absolute Gasteiger partial charge is 0.441 e. The van der Waals surface area contributed by atoms with Crippen LogP contribution in [0.1, 0.15) is 17.0 Å². The van der Waals surface area contributed by atoms with E-state index < -0.39 is 0 Å². The van der Waals surface area contributed by atoms with Crippen molar-refractivity contribution in [1.82, 2.24) is 14.8 Å². The predicted octanol–water partition coefficient (Wildman–Crippen LogP) is 3.86. The van der Waals surface area contributed by atoms with Crippen molar-refractivity contribution in [2.24, 2.45) is 0 Å². The van der Waals surface area contributed by atoms with Gasteiger partial charge in [0.25, 0.3) is 0 Å². The fourth-order valence-corrected chi connectivity index (χ4v) is 2.25. The highest BCUT2D eigenvalue weighted by molar-refractivity contribution is 6.33. The van der Waals surface area contributed by atoms with Gasteiger partial charge in [0.1, 0.15) is 11.5 Å². The van der Waals surface area contributed by atoms with Crippen molar-refractivity contribution in [1.29, 1.82) is 0 Å². The number of aromatic nitrogens is 3. The minimum Gasteiger partial charge on any atom is -0.441 e. The van der Waals surface area contributed by atoms with Gasteiger partial charge in [0.2, 0.25) is 5.89 Å². The molecule has 0 saturated carbocycles. The van der Waals surface area contributed by atoms with Crippen molar-refractivity contribution in [2.75, 3.05) is 0 Å². The molecule has 0 radical (unpaired) electrons. The number of rotatable bonds is 3. The van der Waals surface area contributed by atoms with E-state index in [0.29, 0.717) is 17.5 Å². The molecule has 20 heavy (non-hydrogen) atoms. The Bertz CT molecular complexity index is 745. The maximum atomic E-state index is 6.17. The van der Waals surface area contributed by atoms with Crippen molar-refractivity contribution in [2.45, 2.75) is 20.4 Å². The summed E-state index contributed by atoms with van der Waals surface area (Å²) in [7, 11) is 0. The summed E-state index contributed by atoms with van der Waals surface area (Å²) in [6.07, 6.45) is 3.80. The molecule has 0 spiro atoms. The van der Waals surface area contributed by atoms with Gasteiger partial charge in [-0.15, -0.1) is 0 Å². The molecule has 0 fully saturated rings. The Morgan fingerprint density at radius 2 is 2.05 bits per heavy atom. The molecule has 0 saturated heterocycles. The zero-order valence-electron chi connectivity index (χ0n) is 11.3. The van der Waals surface area contributed by atoms with Gasteiger partial charge in [-0.2, -0.15) is 5.10 Å². The SMILES string of the molecule is Cc1cnn(Cc2nc(-c3ccccc3Cl)oc2C)c1. The van der Waals surface area contributed by atoms with Gasteiger partial charge in [0.05, 0.1) is 23.3 Å². The van der Waals surface area contributed by atoms with Crippen molar-refractivity contribution in [3.63, 3.8) is 0 Å². The number of nitrogens with zero attached hydrogens (tertiary/aromatic N) is 3. The highest BCUT2D eigenvalue weighted by atomic mass is 35.5. The Balaban J connectivity index is 1.93. The third-order valence-corrected chi connectivity index (χ3v) is 3.40. The van der Waals surface area contributed by atoms with Crippen LogP contribution in [0.3, 0.4) is 0 Å². The normalized spacial score (nSPS) is 10.9. The number of halogens is 1. The van der Waals surface area contributed by atoms with Crippen LogP contribution in [0.5, 0.6) is 0 Å². The van der Waals surface area contributed by atoms with Crippen LogP contribution in [0.25, 0.3) is 11.5 Å². The van der Waals surface area contributed by atoms with E-state index in [2.05, 4.69) is 10.1 Å². The fourth-order valence-electron chi connectivity index (χ4n) is 2.03. The average molecular weight is 288 g/mol. The Hall–Kier alpha value is -2.07. The van der Waals surface area contributed by atoms with E-state index in [4.69, 9.17) is 16.0 Å². The number of aryl methyl sites for hydroxylation is 2. The smallest absolute Gasteiger partial charge is 0.228 e. The summed E-state index contributed by atoms with van der Waals surface area (Å²) >= 11 is 6.17. The summed E-state index contributed by atoms with van der Waals surface area (Å²) in [6.45, 7) is 4.50. The Morgan fingerprint density at radius 3 is 2.75 bits per heavy atom. The lowest BCUT2D eigenvalue weighted by molar-refractivity contribution is 0.536. The summed E-state index contributed by atoms with van der Waals surface area (Å²) in [5.74, 6) is 1.33. The predicted molar refractivity (Wildman–Crippen MR) is 77.8 cm³/mol. The zero-order chi connectivity index (χ0) is 14.1. The Morgan fingerprint density at radius 1 is 1.25 bits per heavy atom. The van der Waals surface area contributed by atoms with Gasteiger partial charge in [-0.25, -0.2) is 4.98 Å². The summed E-state index contributed by atoms with van der Waals surface area (Å²) in [6, 6.07) is 7.52. The second kappa shape index (κ2) is 5.13. The van der Waals surface area contributed by atoms with Crippen LogP contribution in [-0.4, -0.2) is 14.8 Å². The average Bonchev–Trinajstić information content (AvgIpc) is 2.98. The molecule has 0 amide bonds. The molecule has 1 aromatic carbocycles. The van der Waals surface area contributed by atoms with E-state index in [1.807, 2.05) is 55.2 Å². The molecule has 2 heterocycles. The molecule has 0 aliphatic rings. The second-order valence-electron chi connectivity index (χ2n) is 4.72. The zero-order valence-corrected chi connectivity index (χ0v) is 12.1. The highest BCUT2D eigenvalue weighted by Gasteiger charge is 2.14. The summed E-state index contributed by atoms with van der Waals surface area (Å²) in [5, 5.41) is 4.90. The molecule has 0 atom stereocenters. The molecular formula is C15H14ClN3O. The standard InChI is InChI=1S/C15H14ClN3O/c1-10-7-17-19(8-10)9-14-11(2)20-15(18-14)12-5-3-4-6-13(12)16/h3-8H,9H2,1-2H3. The molecule has 0 unspecified atom stereocenters. The molecule has 0 aliphatic carbocycles. The topological polar surface area (TPSA) is 43.9 Å². The van der Waals surface area contributed by atoms with Gasteiger partial charge in [-0.05, 0) is 31.5 Å². The number of hydrogen-bond donors (Lipinski definition) is 0. The van der Waals surface area contributed by atoms with Crippen LogP contribution in [0.4, 0.5) is 0 Å². The minimum absolute atomic E-state index is 0.548. The van der Waals surface area contributed by atoms with Gasteiger partial charge in [0, 0.05) is 6.20 Å². The van der Waals surface area contributed by atoms with Crippen LogP contribution in [0.2, 0.25) is 5.02 Å². The van der Waals surface area contributed by atoms with Crippen LogP contribution < -0.4 is 0 Å². The van der Waals surface area contributed by atoms with Crippen LogP contribution in [0.15, 0.2) is 41.1 Å². The first-order chi connectivity index (χ1) is 9.63. The Kier molecular flexibility index (Phi) is 3.32. The lowest BCUT2D eigenvalue weighted by Gasteiger charge is -1.98. The van der Waals surface area contributed by atoms with Crippen LogP contribution in [0, 0.1) is 13.8 Å². The van der Waals surface area contributed by atoms with Gasteiger partial charge in [-0.1, -0.05) is 23.7 Å². The molecule has 0 bridgehead atoms. The third-order valence-electron chi connectivity index (χ3n) is 3.07. The number of hydrogen-bond acceptors (Lipinski definition) is 3. The highest BCUT2D eigenvalue weighted by Crippen LogP contribution is 2.28. The summed E-state index contributed by atoms with van der Waals surface area (Å²) < 4.78 is 7.57. The van der Waals surface area contributed by atoms with Crippen molar-refractivity contribution >= 4 is 11.6 Å². The van der Waals surface area contributed by atoms with E-state index in [9.17, 15) is 0 Å². The number of oxazole rings is 1. The van der Waals surface area contributed by atoms with Crippen LogP contribution in [-0.2, 0) is 6.54 Å². The van der Waals surface area contributed by atoms with E-state index in [1.54, 1.807) is 0 Å². The first-order valence-corrected chi connectivity index (χ1v) is 6.71. The molecule has 0 N–H and O–H groups in total. The quantitative estimate of drug-likeness (QED) is 0.735. The van der Waals surface area contributed by atoms with Gasteiger partial charge >= 0.3 is 0 Å².